The molecule has 0 bridgehead atoms. The van der Waals surface area contributed by atoms with Crippen LogP contribution in [0.25, 0.3) is 0 Å². The van der Waals surface area contributed by atoms with Crippen molar-refractivity contribution >= 4 is 33.4 Å². The van der Waals surface area contributed by atoms with Crippen molar-refractivity contribution in [3.8, 4) is 0 Å². The Morgan fingerprint density at radius 2 is 2.00 bits per heavy atom. The van der Waals surface area contributed by atoms with Gasteiger partial charge >= 0.3 is 0 Å². The number of hydrogen-bond acceptors (Lipinski definition) is 6. The van der Waals surface area contributed by atoms with Gasteiger partial charge in [0.1, 0.15) is 6.33 Å². The molecule has 3 N–H and O–H groups in total. The van der Waals surface area contributed by atoms with E-state index in [0.717, 1.165) is 0 Å². The van der Waals surface area contributed by atoms with Gasteiger partial charge in [-0.3, -0.25) is 4.79 Å². The number of carbonyl (C=O) groups excluding carboxylic acids is 1. The molecule has 0 radical (unpaired) electrons. The molecular formula is C12H15N5O3S2. The molecule has 2 aromatic rings. The lowest BCUT2D eigenvalue weighted by Gasteiger charge is -2.11. The molecule has 10 heteroatoms. The van der Waals surface area contributed by atoms with Gasteiger partial charge in [-0.1, -0.05) is 11.8 Å². The number of aryl methyl sites for hydroxylation is 1. The topological polar surface area (TPSA) is 120 Å². The van der Waals surface area contributed by atoms with E-state index in [2.05, 4.69) is 15.5 Å². The van der Waals surface area contributed by atoms with Crippen LogP contribution in [0.2, 0.25) is 0 Å². The van der Waals surface area contributed by atoms with Crippen LogP contribution in [-0.4, -0.2) is 34.3 Å². The molecule has 8 nitrogen and oxygen atoms in total. The zero-order valence-corrected chi connectivity index (χ0v) is 13.6. The number of sulfonamides is 1. The molecule has 0 aliphatic carbocycles. The van der Waals surface area contributed by atoms with E-state index in [1.807, 2.05) is 0 Å². The Kier molecular flexibility index (Phi) is 4.84. The molecule has 0 unspecified atom stereocenters. The number of primary sulfonamides is 1. The molecule has 1 amide bonds. The highest BCUT2D eigenvalue weighted by Crippen LogP contribution is 2.21. The number of rotatable bonds is 5. The van der Waals surface area contributed by atoms with E-state index in [4.69, 9.17) is 5.14 Å². The molecule has 1 heterocycles. The third kappa shape index (κ3) is 4.06. The molecule has 118 valence electrons. The lowest BCUT2D eigenvalue weighted by atomic mass is 10.3. The SMILES string of the molecule is C[C@@H](Sc1nncn1C)C(=O)Nc1ccc(S(N)(=O)=O)cc1. The maximum absolute atomic E-state index is 12.1. The van der Waals surface area contributed by atoms with E-state index in [1.165, 1.54) is 36.0 Å². The van der Waals surface area contributed by atoms with Gasteiger partial charge in [0.05, 0.1) is 10.1 Å². The Morgan fingerprint density at radius 1 is 1.36 bits per heavy atom. The largest absolute Gasteiger partial charge is 0.325 e. The number of nitrogens with zero attached hydrogens (tertiary/aromatic N) is 3. The van der Waals surface area contributed by atoms with Crippen molar-refractivity contribution in [3.63, 3.8) is 0 Å². The second-order valence-corrected chi connectivity index (χ2v) is 7.41. The van der Waals surface area contributed by atoms with Crippen molar-refractivity contribution in [2.75, 3.05) is 5.32 Å². The highest BCUT2D eigenvalue weighted by molar-refractivity contribution is 8.00. The van der Waals surface area contributed by atoms with E-state index in [1.54, 1.807) is 24.9 Å². The van der Waals surface area contributed by atoms with Crippen LogP contribution >= 0.6 is 11.8 Å². The predicted molar refractivity (Wildman–Crippen MR) is 82.8 cm³/mol. The molecule has 1 atom stereocenters. The van der Waals surface area contributed by atoms with Crippen molar-refractivity contribution in [1.82, 2.24) is 14.8 Å². The molecule has 0 spiro atoms. The highest BCUT2D eigenvalue weighted by atomic mass is 32.2. The number of carbonyl (C=O) groups is 1. The standard InChI is InChI=1S/C12H15N5O3S2/c1-8(21-12-16-14-7-17(12)2)11(18)15-9-3-5-10(6-4-9)22(13,19)20/h3-8H,1-2H3,(H,15,18)(H2,13,19,20)/t8-/m1/s1. The van der Waals surface area contributed by atoms with Crippen LogP contribution in [0.5, 0.6) is 0 Å². The lowest BCUT2D eigenvalue weighted by Crippen LogP contribution is -2.23. The summed E-state index contributed by atoms with van der Waals surface area (Å²) in [7, 11) is -1.95. The van der Waals surface area contributed by atoms with Gasteiger partial charge in [-0.15, -0.1) is 10.2 Å². The molecule has 0 saturated carbocycles. The Morgan fingerprint density at radius 3 is 2.50 bits per heavy atom. The maximum atomic E-state index is 12.1. The summed E-state index contributed by atoms with van der Waals surface area (Å²) in [6, 6.07) is 5.64. The fraction of sp³-hybridized carbons (Fsp3) is 0.250. The average molecular weight is 341 g/mol. The normalized spacial score (nSPS) is 12.9. The highest BCUT2D eigenvalue weighted by Gasteiger charge is 2.17. The van der Waals surface area contributed by atoms with Gasteiger partial charge in [0, 0.05) is 12.7 Å². The molecule has 22 heavy (non-hydrogen) atoms. The van der Waals surface area contributed by atoms with E-state index < -0.39 is 10.0 Å². The molecule has 0 saturated heterocycles. The zero-order chi connectivity index (χ0) is 16.3. The molecule has 0 fully saturated rings. The first-order valence-corrected chi connectivity index (χ1v) is 8.64. The lowest BCUT2D eigenvalue weighted by molar-refractivity contribution is -0.115. The minimum Gasteiger partial charge on any atom is -0.325 e. The van der Waals surface area contributed by atoms with E-state index in [-0.39, 0.29) is 16.1 Å². The quantitative estimate of drug-likeness (QED) is 0.768. The molecule has 1 aromatic carbocycles. The van der Waals surface area contributed by atoms with Crippen molar-refractivity contribution in [2.24, 2.45) is 12.2 Å². The van der Waals surface area contributed by atoms with Crippen molar-refractivity contribution < 1.29 is 13.2 Å². The van der Waals surface area contributed by atoms with E-state index in [0.29, 0.717) is 10.8 Å². The number of thioether (sulfide) groups is 1. The van der Waals surface area contributed by atoms with Crippen LogP contribution < -0.4 is 10.5 Å². The fourth-order valence-electron chi connectivity index (χ4n) is 1.56. The third-order valence-electron chi connectivity index (χ3n) is 2.77. The van der Waals surface area contributed by atoms with Crippen LogP contribution in [0.15, 0.2) is 40.6 Å². The van der Waals surface area contributed by atoms with Crippen molar-refractivity contribution in [1.29, 1.82) is 0 Å². The number of nitrogens with two attached hydrogens (primary N) is 1. The summed E-state index contributed by atoms with van der Waals surface area (Å²) in [5.74, 6) is -0.226. The third-order valence-corrected chi connectivity index (χ3v) is 4.85. The Labute approximate surface area is 132 Å². The number of hydrogen-bond donors (Lipinski definition) is 2. The number of aromatic nitrogens is 3. The monoisotopic (exact) mass is 341 g/mol. The number of benzene rings is 1. The molecular weight excluding hydrogens is 326 g/mol. The second-order valence-electron chi connectivity index (χ2n) is 4.54. The summed E-state index contributed by atoms with van der Waals surface area (Å²) < 4.78 is 24.0. The summed E-state index contributed by atoms with van der Waals surface area (Å²) in [6.07, 6.45) is 1.55. The fourth-order valence-corrected chi connectivity index (χ4v) is 2.87. The van der Waals surface area contributed by atoms with Crippen LogP contribution in [-0.2, 0) is 21.9 Å². The Hall–Kier alpha value is -1.91. The van der Waals surface area contributed by atoms with Gasteiger partial charge < -0.3 is 9.88 Å². The first-order chi connectivity index (χ1) is 10.3. The Balaban J connectivity index is 2.01. The first kappa shape index (κ1) is 16.5. The van der Waals surface area contributed by atoms with Crippen LogP contribution in [0, 0.1) is 0 Å². The van der Waals surface area contributed by atoms with Crippen LogP contribution in [0.4, 0.5) is 5.69 Å². The van der Waals surface area contributed by atoms with Gasteiger partial charge in [0.15, 0.2) is 5.16 Å². The predicted octanol–water partition coefficient (Wildman–Crippen LogP) is 0.582. The minimum absolute atomic E-state index is 0.00740. The smallest absolute Gasteiger partial charge is 0.238 e. The van der Waals surface area contributed by atoms with Crippen LogP contribution in [0.1, 0.15) is 6.92 Å². The second kappa shape index (κ2) is 6.46. The van der Waals surface area contributed by atoms with Crippen LogP contribution in [0.3, 0.4) is 0 Å². The summed E-state index contributed by atoms with van der Waals surface area (Å²) in [4.78, 5) is 12.1. The summed E-state index contributed by atoms with van der Waals surface area (Å²) in [6.45, 7) is 1.74. The molecule has 0 aliphatic rings. The Bertz CT molecular complexity index is 770. The molecule has 1 aromatic heterocycles. The first-order valence-electron chi connectivity index (χ1n) is 6.22. The molecule has 0 aliphatic heterocycles. The van der Waals surface area contributed by atoms with Gasteiger partial charge in [-0.05, 0) is 31.2 Å². The summed E-state index contributed by atoms with van der Waals surface area (Å²) in [5, 5.41) is 15.6. The number of nitrogens with one attached hydrogen (secondary N) is 1. The van der Waals surface area contributed by atoms with Gasteiger partial charge in [-0.25, -0.2) is 13.6 Å². The van der Waals surface area contributed by atoms with Gasteiger partial charge in [-0.2, -0.15) is 0 Å². The van der Waals surface area contributed by atoms with Gasteiger partial charge in [0.2, 0.25) is 15.9 Å². The van der Waals surface area contributed by atoms with Crippen molar-refractivity contribution in [2.45, 2.75) is 22.2 Å². The maximum Gasteiger partial charge on any atom is 0.238 e. The van der Waals surface area contributed by atoms with Crippen molar-refractivity contribution in [3.05, 3.63) is 30.6 Å². The summed E-state index contributed by atoms with van der Waals surface area (Å²) in [5.41, 5.74) is 0.489. The summed E-state index contributed by atoms with van der Waals surface area (Å²) >= 11 is 1.27. The van der Waals surface area contributed by atoms with Gasteiger partial charge in [0.25, 0.3) is 0 Å². The zero-order valence-electron chi connectivity index (χ0n) is 11.9. The number of amides is 1. The van der Waals surface area contributed by atoms with E-state index >= 15 is 0 Å². The molecule has 2 rings (SSSR count). The minimum atomic E-state index is -3.74. The number of anilines is 1. The van der Waals surface area contributed by atoms with E-state index in [9.17, 15) is 13.2 Å². The average Bonchev–Trinajstić information content (AvgIpc) is 2.84.